The van der Waals surface area contributed by atoms with Gasteiger partial charge in [-0.25, -0.2) is 0 Å². The highest BCUT2D eigenvalue weighted by molar-refractivity contribution is 5.77. The van der Waals surface area contributed by atoms with Crippen LogP contribution in [0.5, 0.6) is 0 Å². The molecule has 4 nitrogen and oxygen atoms in total. The Kier molecular flexibility index (Phi) is 4.68. The van der Waals surface area contributed by atoms with Crippen molar-refractivity contribution >= 4 is 23.1 Å². The molecule has 118 valence electrons. The Balaban J connectivity index is 1.83. The van der Waals surface area contributed by atoms with Crippen molar-refractivity contribution in [2.45, 2.75) is 0 Å². The zero-order valence-electron chi connectivity index (χ0n) is 12.9. The summed E-state index contributed by atoms with van der Waals surface area (Å²) in [5, 5.41) is 14.6. The Labute approximate surface area is 140 Å². The minimum absolute atomic E-state index is 0.0827. The summed E-state index contributed by atoms with van der Waals surface area (Å²) in [5.74, 6) is 0. The fourth-order valence-electron chi connectivity index (χ4n) is 2.36. The van der Waals surface area contributed by atoms with Crippen LogP contribution in [0.3, 0.4) is 0 Å². The summed E-state index contributed by atoms with van der Waals surface area (Å²) < 4.78 is 0. The number of hydrogen-bond acceptors (Lipinski definition) is 3. The average Bonchev–Trinajstić information content (AvgIpc) is 2.62. The minimum atomic E-state index is -0.356. The zero-order chi connectivity index (χ0) is 16.8. The van der Waals surface area contributed by atoms with E-state index in [1.54, 1.807) is 30.3 Å². The van der Waals surface area contributed by atoms with Crippen molar-refractivity contribution in [1.29, 1.82) is 0 Å². The SMILES string of the molecule is O=[N+]([O-])C(=Cc1ccc(Nc2ccccc2)cc1)c1ccccc1. The lowest BCUT2D eigenvalue weighted by Gasteiger charge is -2.06. The molecule has 24 heavy (non-hydrogen) atoms. The Morgan fingerprint density at radius 3 is 1.92 bits per heavy atom. The van der Waals surface area contributed by atoms with E-state index in [2.05, 4.69) is 5.32 Å². The van der Waals surface area contributed by atoms with Crippen LogP contribution in [0.25, 0.3) is 11.8 Å². The minimum Gasteiger partial charge on any atom is -0.356 e. The van der Waals surface area contributed by atoms with Gasteiger partial charge in [0.15, 0.2) is 0 Å². The van der Waals surface area contributed by atoms with Gasteiger partial charge in [-0.15, -0.1) is 0 Å². The Hall–Kier alpha value is -3.40. The molecule has 0 aliphatic carbocycles. The van der Waals surface area contributed by atoms with E-state index in [4.69, 9.17) is 0 Å². The second kappa shape index (κ2) is 7.24. The highest BCUT2D eigenvalue weighted by atomic mass is 16.6. The van der Waals surface area contributed by atoms with E-state index in [9.17, 15) is 10.1 Å². The molecule has 3 rings (SSSR count). The maximum atomic E-state index is 11.3. The van der Waals surface area contributed by atoms with Gasteiger partial charge in [-0.1, -0.05) is 48.5 Å². The van der Waals surface area contributed by atoms with Gasteiger partial charge in [-0.3, -0.25) is 10.1 Å². The predicted octanol–water partition coefficient (Wildman–Crippen LogP) is 5.21. The second-order valence-corrected chi connectivity index (χ2v) is 5.27. The van der Waals surface area contributed by atoms with Gasteiger partial charge in [0.2, 0.25) is 0 Å². The second-order valence-electron chi connectivity index (χ2n) is 5.27. The molecule has 0 fully saturated rings. The van der Waals surface area contributed by atoms with Gasteiger partial charge in [0.05, 0.1) is 10.5 Å². The van der Waals surface area contributed by atoms with Crippen molar-refractivity contribution in [2.24, 2.45) is 0 Å². The molecular weight excluding hydrogens is 300 g/mol. The Morgan fingerprint density at radius 2 is 1.33 bits per heavy atom. The molecule has 0 bridgehead atoms. The van der Waals surface area contributed by atoms with Crippen LogP contribution in [-0.2, 0) is 0 Å². The lowest BCUT2D eigenvalue weighted by atomic mass is 10.1. The number of nitro groups is 1. The molecular formula is C20H16N2O2. The van der Waals surface area contributed by atoms with Gasteiger partial charge in [-0.2, -0.15) is 0 Å². The molecule has 3 aromatic rings. The molecule has 0 unspecified atom stereocenters. The number of nitrogens with zero attached hydrogens (tertiary/aromatic N) is 1. The first kappa shape index (κ1) is 15.5. The standard InChI is InChI=1S/C20H16N2O2/c23-22(24)20(17-7-3-1-4-8-17)15-16-11-13-19(14-12-16)21-18-9-5-2-6-10-18/h1-15,21H. The van der Waals surface area contributed by atoms with Gasteiger partial charge in [-0.05, 0) is 42.0 Å². The summed E-state index contributed by atoms with van der Waals surface area (Å²) in [6.07, 6.45) is 1.58. The van der Waals surface area contributed by atoms with Crippen molar-refractivity contribution < 1.29 is 4.92 Å². The number of rotatable bonds is 5. The number of nitrogens with one attached hydrogen (secondary N) is 1. The number of benzene rings is 3. The topological polar surface area (TPSA) is 55.2 Å². The molecule has 0 aliphatic heterocycles. The van der Waals surface area contributed by atoms with E-state index in [1.807, 2.05) is 60.7 Å². The lowest BCUT2D eigenvalue weighted by Crippen LogP contribution is -1.97. The average molecular weight is 316 g/mol. The fourth-order valence-corrected chi connectivity index (χ4v) is 2.36. The van der Waals surface area contributed by atoms with Crippen LogP contribution in [-0.4, -0.2) is 4.92 Å². The van der Waals surface area contributed by atoms with E-state index < -0.39 is 0 Å². The molecule has 0 heterocycles. The normalized spacial score (nSPS) is 11.1. The van der Waals surface area contributed by atoms with E-state index in [1.165, 1.54) is 0 Å². The number of anilines is 2. The van der Waals surface area contributed by atoms with Gasteiger partial charge >= 0.3 is 0 Å². The van der Waals surface area contributed by atoms with Crippen LogP contribution in [0.1, 0.15) is 11.1 Å². The summed E-state index contributed by atoms with van der Waals surface area (Å²) in [7, 11) is 0. The largest absolute Gasteiger partial charge is 0.356 e. The lowest BCUT2D eigenvalue weighted by molar-refractivity contribution is -0.374. The van der Waals surface area contributed by atoms with Crippen LogP contribution in [0.4, 0.5) is 11.4 Å². The molecule has 0 spiro atoms. The monoisotopic (exact) mass is 316 g/mol. The quantitative estimate of drug-likeness (QED) is 0.399. The van der Waals surface area contributed by atoms with Crippen molar-refractivity contribution in [3.63, 3.8) is 0 Å². The highest BCUT2D eigenvalue weighted by Crippen LogP contribution is 2.21. The fraction of sp³-hybridized carbons (Fsp3) is 0. The summed E-state index contributed by atoms with van der Waals surface area (Å²) in [6, 6.07) is 26.3. The van der Waals surface area contributed by atoms with Crippen molar-refractivity contribution in [3.8, 4) is 0 Å². The highest BCUT2D eigenvalue weighted by Gasteiger charge is 2.13. The van der Waals surface area contributed by atoms with Crippen LogP contribution in [0.15, 0.2) is 84.9 Å². The maximum absolute atomic E-state index is 11.3. The van der Waals surface area contributed by atoms with Crippen LogP contribution in [0, 0.1) is 10.1 Å². The van der Waals surface area contributed by atoms with Gasteiger partial charge < -0.3 is 5.32 Å². The van der Waals surface area contributed by atoms with Crippen molar-refractivity contribution in [2.75, 3.05) is 5.32 Å². The van der Waals surface area contributed by atoms with E-state index in [-0.39, 0.29) is 10.6 Å². The third-order valence-corrected chi connectivity index (χ3v) is 3.54. The van der Waals surface area contributed by atoms with Crippen LogP contribution in [0.2, 0.25) is 0 Å². The summed E-state index contributed by atoms with van der Waals surface area (Å²) in [4.78, 5) is 11.0. The number of hydrogen-bond donors (Lipinski definition) is 1. The maximum Gasteiger partial charge on any atom is 0.277 e. The number of para-hydroxylation sites is 1. The molecule has 0 aliphatic rings. The first-order valence-electron chi connectivity index (χ1n) is 7.56. The molecule has 1 N–H and O–H groups in total. The molecule has 0 radical (unpaired) electrons. The van der Waals surface area contributed by atoms with E-state index >= 15 is 0 Å². The Bertz CT molecular complexity index is 842. The molecule has 0 amide bonds. The summed E-state index contributed by atoms with van der Waals surface area (Å²) >= 11 is 0. The van der Waals surface area contributed by atoms with Crippen molar-refractivity contribution in [1.82, 2.24) is 0 Å². The Morgan fingerprint density at radius 1 is 0.792 bits per heavy atom. The van der Waals surface area contributed by atoms with Gasteiger partial charge in [0.1, 0.15) is 0 Å². The van der Waals surface area contributed by atoms with Gasteiger partial charge in [0, 0.05) is 17.5 Å². The molecule has 4 heteroatoms. The molecule has 3 aromatic carbocycles. The van der Waals surface area contributed by atoms with Crippen molar-refractivity contribution in [3.05, 3.63) is 106 Å². The van der Waals surface area contributed by atoms with E-state index in [0.29, 0.717) is 5.56 Å². The van der Waals surface area contributed by atoms with E-state index in [0.717, 1.165) is 16.9 Å². The summed E-state index contributed by atoms with van der Waals surface area (Å²) in [6.45, 7) is 0. The molecule has 0 saturated carbocycles. The zero-order valence-corrected chi connectivity index (χ0v) is 12.9. The van der Waals surface area contributed by atoms with Crippen LogP contribution >= 0.6 is 0 Å². The molecule has 0 atom stereocenters. The first-order valence-corrected chi connectivity index (χ1v) is 7.56. The first-order chi connectivity index (χ1) is 11.7. The third kappa shape index (κ3) is 3.87. The molecule has 0 saturated heterocycles. The van der Waals surface area contributed by atoms with Crippen LogP contribution < -0.4 is 5.32 Å². The molecule has 0 aromatic heterocycles. The summed E-state index contributed by atoms with van der Waals surface area (Å²) in [5.41, 5.74) is 3.38. The van der Waals surface area contributed by atoms with Gasteiger partial charge in [0.25, 0.3) is 5.70 Å². The smallest absolute Gasteiger partial charge is 0.277 e. The predicted molar refractivity (Wildman–Crippen MR) is 97.5 cm³/mol. The third-order valence-electron chi connectivity index (χ3n) is 3.54.